The zero-order valence-electron chi connectivity index (χ0n) is 13.0. The lowest BCUT2D eigenvalue weighted by atomic mass is 10.1. The molecule has 0 saturated heterocycles. The predicted octanol–water partition coefficient (Wildman–Crippen LogP) is 5.08. The number of carbonyl (C=O) groups is 1. The lowest BCUT2D eigenvalue weighted by molar-refractivity contribution is 0.0695. The van der Waals surface area contributed by atoms with Crippen molar-refractivity contribution in [2.75, 3.05) is 0 Å². The predicted molar refractivity (Wildman–Crippen MR) is 93.0 cm³/mol. The van der Waals surface area contributed by atoms with Crippen LogP contribution >= 0.6 is 23.2 Å². The molecule has 0 aliphatic rings. The van der Waals surface area contributed by atoms with Crippen LogP contribution in [0.25, 0.3) is 5.69 Å². The Labute approximate surface area is 145 Å². The van der Waals surface area contributed by atoms with Gasteiger partial charge in [-0.2, -0.15) is 5.10 Å². The summed E-state index contributed by atoms with van der Waals surface area (Å²) in [5, 5.41) is 14.9. The molecule has 1 aromatic carbocycles. The Bertz CT molecular complexity index is 751. The smallest absolute Gasteiger partial charge is 0.339 e. The van der Waals surface area contributed by atoms with Crippen molar-refractivity contribution in [1.82, 2.24) is 9.78 Å². The van der Waals surface area contributed by atoms with Crippen molar-refractivity contribution in [2.24, 2.45) is 0 Å². The lowest BCUT2D eigenvalue weighted by Gasteiger charge is -2.07. The normalized spacial score (nSPS) is 11.3. The highest BCUT2D eigenvalue weighted by molar-refractivity contribution is 6.34. The molecule has 0 aliphatic heterocycles. The van der Waals surface area contributed by atoms with E-state index in [9.17, 15) is 9.90 Å². The number of nitrogens with zero attached hydrogens (tertiary/aromatic N) is 2. The molecule has 0 aliphatic carbocycles. The highest BCUT2D eigenvalue weighted by Crippen LogP contribution is 2.27. The molecule has 0 fully saturated rings. The lowest BCUT2D eigenvalue weighted by Crippen LogP contribution is -2.03. The van der Waals surface area contributed by atoms with Crippen molar-refractivity contribution < 1.29 is 9.90 Å². The van der Waals surface area contributed by atoms with Crippen LogP contribution < -0.4 is 0 Å². The first-order valence-electron chi connectivity index (χ1n) is 7.38. The number of hydrogen-bond donors (Lipinski definition) is 1. The summed E-state index contributed by atoms with van der Waals surface area (Å²) in [5.41, 5.74) is 1.89. The van der Waals surface area contributed by atoms with Gasteiger partial charge in [-0.1, -0.05) is 42.3 Å². The molecule has 0 radical (unpaired) electrons. The maximum Gasteiger partial charge on any atom is 0.339 e. The van der Waals surface area contributed by atoms with E-state index in [-0.39, 0.29) is 5.56 Å². The van der Waals surface area contributed by atoms with Gasteiger partial charge in [-0.25, -0.2) is 9.48 Å². The van der Waals surface area contributed by atoms with Crippen LogP contribution in [-0.2, 0) is 6.42 Å². The zero-order valence-corrected chi connectivity index (χ0v) is 14.5. The molecule has 122 valence electrons. The standard InChI is InChI=1S/C17H18Cl2N2O2/c1-3-4-5-6-7-14-16(17(22)23)11(2)21(20-14)15-10-12(18)8-9-13(15)19/h4-5,8-10H,3,6-7H2,1-2H3,(H,22,23)/b5-4-. The molecule has 0 saturated carbocycles. The maximum atomic E-state index is 11.6. The maximum absolute atomic E-state index is 11.6. The van der Waals surface area contributed by atoms with E-state index in [4.69, 9.17) is 23.2 Å². The molecule has 0 bridgehead atoms. The van der Waals surface area contributed by atoms with Gasteiger partial charge < -0.3 is 5.11 Å². The molecule has 1 N–H and O–H groups in total. The molecular weight excluding hydrogens is 335 g/mol. The van der Waals surface area contributed by atoms with E-state index in [1.165, 1.54) is 0 Å². The van der Waals surface area contributed by atoms with E-state index in [0.717, 1.165) is 12.8 Å². The van der Waals surface area contributed by atoms with E-state index >= 15 is 0 Å². The van der Waals surface area contributed by atoms with Crippen molar-refractivity contribution >= 4 is 29.2 Å². The van der Waals surface area contributed by atoms with Gasteiger partial charge in [-0.05, 0) is 44.4 Å². The number of hydrogen-bond acceptors (Lipinski definition) is 2. The van der Waals surface area contributed by atoms with Crippen LogP contribution in [0.2, 0.25) is 10.0 Å². The highest BCUT2D eigenvalue weighted by atomic mass is 35.5. The Hall–Kier alpha value is -1.78. The monoisotopic (exact) mass is 352 g/mol. The van der Waals surface area contributed by atoms with Gasteiger partial charge in [0, 0.05) is 5.02 Å². The number of allylic oxidation sites excluding steroid dienone is 2. The summed E-state index contributed by atoms with van der Waals surface area (Å²) in [4.78, 5) is 11.6. The highest BCUT2D eigenvalue weighted by Gasteiger charge is 2.21. The second-order valence-corrected chi connectivity index (χ2v) is 5.98. The molecule has 6 heteroatoms. The average Bonchev–Trinajstić information content (AvgIpc) is 2.83. The fraction of sp³-hybridized carbons (Fsp3) is 0.294. The van der Waals surface area contributed by atoms with Crippen LogP contribution in [0.5, 0.6) is 0 Å². The SMILES string of the molecule is CC/C=C\CCc1nn(-c2cc(Cl)ccc2Cl)c(C)c1C(=O)O. The van der Waals surface area contributed by atoms with E-state index in [2.05, 4.69) is 18.1 Å². The third-order valence-electron chi connectivity index (χ3n) is 3.49. The van der Waals surface area contributed by atoms with Crippen molar-refractivity contribution in [2.45, 2.75) is 33.1 Å². The summed E-state index contributed by atoms with van der Waals surface area (Å²) in [5.74, 6) is -0.985. The first-order chi connectivity index (χ1) is 11.0. The molecule has 2 aromatic rings. The minimum Gasteiger partial charge on any atom is -0.478 e. The van der Waals surface area contributed by atoms with Gasteiger partial charge in [-0.15, -0.1) is 0 Å². The van der Waals surface area contributed by atoms with Gasteiger partial charge in [0.15, 0.2) is 0 Å². The first-order valence-corrected chi connectivity index (χ1v) is 8.13. The van der Waals surface area contributed by atoms with Crippen LogP contribution in [-0.4, -0.2) is 20.9 Å². The van der Waals surface area contributed by atoms with Gasteiger partial charge in [0.2, 0.25) is 0 Å². The summed E-state index contributed by atoms with van der Waals surface area (Å²) >= 11 is 12.2. The van der Waals surface area contributed by atoms with E-state index in [1.807, 2.05) is 6.08 Å². The summed E-state index contributed by atoms with van der Waals surface area (Å²) in [6.45, 7) is 3.78. The minimum atomic E-state index is -0.985. The number of rotatable bonds is 6. The fourth-order valence-electron chi connectivity index (χ4n) is 2.40. The average molecular weight is 353 g/mol. The van der Waals surface area contributed by atoms with Crippen LogP contribution in [0.15, 0.2) is 30.4 Å². The minimum absolute atomic E-state index is 0.228. The molecule has 0 spiro atoms. The Kier molecular flexibility index (Phi) is 5.85. The van der Waals surface area contributed by atoms with Crippen molar-refractivity contribution in [3.63, 3.8) is 0 Å². The fourth-order valence-corrected chi connectivity index (χ4v) is 2.76. The number of aromatic nitrogens is 2. The van der Waals surface area contributed by atoms with Gasteiger partial charge in [0.05, 0.1) is 22.1 Å². The Morgan fingerprint density at radius 1 is 1.35 bits per heavy atom. The molecule has 0 unspecified atom stereocenters. The molecule has 2 rings (SSSR count). The molecule has 0 amide bonds. The third-order valence-corrected chi connectivity index (χ3v) is 4.04. The largest absolute Gasteiger partial charge is 0.478 e. The number of halogens is 2. The first kappa shape index (κ1) is 17.6. The van der Waals surface area contributed by atoms with Crippen LogP contribution in [0.3, 0.4) is 0 Å². The van der Waals surface area contributed by atoms with Gasteiger partial charge in [0.25, 0.3) is 0 Å². The quantitative estimate of drug-likeness (QED) is 0.737. The van der Waals surface area contributed by atoms with Crippen LogP contribution in [0.1, 0.15) is 41.5 Å². The van der Waals surface area contributed by atoms with Gasteiger partial charge >= 0.3 is 5.97 Å². The number of carboxylic acids is 1. The third kappa shape index (κ3) is 3.95. The number of carboxylic acid groups (broad SMARTS) is 1. The van der Waals surface area contributed by atoms with Crippen molar-refractivity contribution in [3.05, 3.63) is 57.3 Å². The second kappa shape index (κ2) is 7.66. The number of aryl methyl sites for hydroxylation is 1. The zero-order chi connectivity index (χ0) is 17.0. The Morgan fingerprint density at radius 3 is 2.74 bits per heavy atom. The van der Waals surface area contributed by atoms with E-state index in [1.54, 1.807) is 29.8 Å². The van der Waals surface area contributed by atoms with Crippen LogP contribution in [0, 0.1) is 6.92 Å². The van der Waals surface area contributed by atoms with E-state index < -0.39 is 5.97 Å². The molecule has 23 heavy (non-hydrogen) atoms. The molecule has 1 heterocycles. The van der Waals surface area contributed by atoms with Crippen molar-refractivity contribution in [1.29, 1.82) is 0 Å². The topological polar surface area (TPSA) is 55.1 Å². The molecule has 0 atom stereocenters. The summed E-state index contributed by atoms with van der Waals surface area (Å²) in [6.07, 6.45) is 6.35. The molecule has 4 nitrogen and oxygen atoms in total. The van der Waals surface area contributed by atoms with Gasteiger partial charge in [-0.3, -0.25) is 0 Å². The Balaban J connectivity index is 2.47. The summed E-state index contributed by atoms with van der Waals surface area (Å²) in [7, 11) is 0. The molecular formula is C17H18Cl2N2O2. The summed E-state index contributed by atoms with van der Waals surface area (Å²) < 4.78 is 1.55. The second-order valence-electron chi connectivity index (χ2n) is 5.14. The van der Waals surface area contributed by atoms with Crippen LogP contribution in [0.4, 0.5) is 0 Å². The van der Waals surface area contributed by atoms with E-state index in [0.29, 0.717) is 33.5 Å². The number of aromatic carboxylic acids is 1. The van der Waals surface area contributed by atoms with Crippen molar-refractivity contribution in [3.8, 4) is 5.69 Å². The number of benzene rings is 1. The Morgan fingerprint density at radius 2 is 2.09 bits per heavy atom. The molecule has 1 aromatic heterocycles. The van der Waals surface area contributed by atoms with Gasteiger partial charge in [0.1, 0.15) is 5.56 Å². The summed E-state index contributed by atoms with van der Waals surface area (Å²) in [6, 6.07) is 5.03.